The van der Waals surface area contributed by atoms with E-state index >= 15 is 0 Å². The molecule has 0 aliphatic rings. The summed E-state index contributed by atoms with van der Waals surface area (Å²) >= 11 is 0. The molecule has 318 valence electrons. The zero-order valence-corrected chi connectivity index (χ0v) is 38.5. The standard InChI is InChI=1S/C36H72N6O10Si3/c1-25(37)31(44)42-29(35(48)51-20-23-54(7,8)9)16-17-30(43)41-28(15-13-14-18-38-36(49)52-21-24-55(10,11)12)33(46)39-26(2)32(45)40-27(3)34(47)50-19-22-53(4,5)6/h25-29H,13-24,37H2,1-12H3,(H,38,49)(H,39,46)(H,40,45)(H,41,43)(H,42,44)/t25-,26+,27+,28-,29+/m0/s1. The van der Waals surface area contributed by atoms with Crippen LogP contribution in [0.2, 0.25) is 77.1 Å². The van der Waals surface area contributed by atoms with E-state index in [9.17, 15) is 33.6 Å². The zero-order valence-electron chi connectivity index (χ0n) is 35.5. The maximum Gasteiger partial charge on any atom is 0.407 e. The summed E-state index contributed by atoms with van der Waals surface area (Å²) in [7, 11) is -4.29. The molecular formula is C36H72N6O10Si3. The maximum absolute atomic E-state index is 13.5. The molecule has 0 bridgehead atoms. The molecule has 0 saturated carbocycles. The highest BCUT2D eigenvalue weighted by Crippen LogP contribution is 2.11. The van der Waals surface area contributed by atoms with Gasteiger partial charge in [-0.2, -0.15) is 0 Å². The summed E-state index contributed by atoms with van der Waals surface area (Å²) in [5, 5.41) is 13.1. The fourth-order valence-electron chi connectivity index (χ4n) is 4.45. The van der Waals surface area contributed by atoms with Gasteiger partial charge in [0.1, 0.15) is 24.2 Å². The van der Waals surface area contributed by atoms with Crippen LogP contribution >= 0.6 is 0 Å². The number of amides is 5. The Kier molecular flexibility index (Phi) is 23.6. The minimum atomic E-state index is -1.51. The van der Waals surface area contributed by atoms with E-state index in [0.29, 0.717) is 19.4 Å². The number of carbonyl (C=O) groups is 7. The van der Waals surface area contributed by atoms with Crippen LogP contribution in [0.25, 0.3) is 0 Å². The van der Waals surface area contributed by atoms with Crippen molar-refractivity contribution in [2.75, 3.05) is 26.4 Å². The van der Waals surface area contributed by atoms with Crippen molar-refractivity contribution >= 4 is 65.9 Å². The molecular weight excluding hydrogens is 761 g/mol. The quantitative estimate of drug-likeness (QED) is 0.0321. The summed E-state index contributed by atoms with van der Waals surface area (Å²) < 4.78 is 16.0. The molecule has 0 radical (unpaired) electrons. The van der Waals surface area contributed by atoms with Crippen LogP contribution in [0.3, 0.4) is 0 Å². The lowest BCUT2D eigenvalue weighted by Crippen LogP contribution is -2.54. The van der Waals surface area contributed by atoms with E-state index in [0.717, 1.165) is 18.1 Å². The average molecular weight is 833 g/mol. The summed E-state index contributed by atoms with van der Waals surface area (Å²) in [5.41, 5.74) is 5.69. The number of unbranched alkanes of at least 4 members (excludes halogenated alkanes) is 1. The van der Waals surface area contributed by atoms with Crippen LogP contribution in [-0.4, -0.2) is 122 Å². The van der Waals surface area contributed by atoms with Crippen molar-refractivity contribution in [3.63, 3.8) is 0 Å². The Morgan fingerprint density at radius 3 is 1.55 bits per heavy atom. The minimum absolute atomic E-state index is 0.112. The van der Waals surface area contributed by atoms with E-state index in [1.807, 2.05) is 0 Å². The maximum atomic E-state index is 13.5. The number of rotatable bonds is 26. The molecule has 7 N–H and O–H groups in total. The largest absolute Gasteiger partial charge is 0.464 e. The number of hydrogen-bond donors (Lipinski definition) is 6. The lowest BCUT2D eigenvalue weighted by atomic mass is 10.1. The molecule has 0 aromatic rings. The Morgan fingerprint density at radius 1 is 0.545 bits per heavy atom. The number of esters is 2. The van der Waals surface area contributed by atoms with Gasteiger partial charge in [-0.05, 0) is 64.6 Å². The third kappa shape index (κ3) is 27.0. The molecule has 0 aromatic carbocycles. The lowest BCUT2D eigenvalue weighted by Gasteiger charge is -2.23. The molecule has 16 nitrogen and oxygen atoms in total. The van der Waals surface area contributed by atoms with Crippen molar-refractivity contribution in [2.45, 2.75) is 160 Å². The molecule has 0 unspecified atom stereocenters. The molecule has 19 heteroatoms. The van der Waals surface area contributed by atoms with Crippen LogP contribution in [0, 0.1) is 0 Å². The molecule has 0 fully saturated rings. The van der Waals surface area contributed by atoms with E-state index in [-0.39, 0.29) is 39.0 Å². The molecule has 0 aliphatic carbocycles. The van der Waals surface area contributed by atoms with Gasteiger partial charge in [-0.25, -0.2) is 14.4 Å². The van der Waals surface area contributed by atoms with E-state index in [2.05, 4.69) is 85.5 Å². The third-order valence-corrected chi connectivity index (χ3v) is 13.4. The molecule has 0 aliphatic heterocycles. The van der Waals surface area contributed by atoms with E-state index in [1.165, 1.54) is 20.8 Å². The topological polar surface area (TPSA) is 233 Å². The number of ether oxygens (including phenoxy) is 3. The van der Waals surface area contributed by atoms with Crippen LogP contribution in [0.1, 0.15) is 52.9 Å². The summed E-state index contributed by atoms with van der Waals surface area (Å²) in [6.45, 7) is 24.9. The highest BCUT2D eigenvalue weighted by Gasteiger charge is 2.29. The first-order valence-electron chi connectivity index (χ1n) is 19.4. The summed E-state index contributed by atoms with van der Waals surface area (Å²) in [4.78, 5) is 89.4. The molecule has 0 heterocycles. The number of carbonyl (C=O) groups excluding carboxylic acids is 7. The number of nitrogens with one attached hydrogen (secondary N) is 5. The first-order valence-corrected chi connectivity index (χ1v) is 30.5. The lowest BCUT2D eigenvalue weighted by molar-refractivity contribution is -0.148. The number of hydrogen-bond acceptors (Lipinski definition) is 11. The van der Waals surface area contributed by atoms with Crippen molar-refractivity contribution in [3.05, 3.63) is 0 Å². The second kappa shape index (κ2) is 25.1. The predicted octanol–water partition coefficient (Wildman–Crippen LogP) is 3.09. The van der Waals surface area contributed by atoms with Gasteiger partial charge in [0, 0.05) is 37.2 Å². The first kappa shape index (κ1) is 51.7. The monoisotopic (exact) mass is 832 g/mol. The second-order valence-corrected chi connectivity index (χ2v) is 34.7. The van der Waals surface area contributed by atoms with Crippen molar-refractivity contribution in [3.8, 4) is 0 Å². The van der Waals surface area contributed by atoms with Gasteiger partial charge in [-0.3, -0.25) is 19.2 Å². The van der Waals surface area contributed by atoms with Gasteiger partial charge in [0.2, 0.25) is 23.6 Å². The van der Waals surface area contributed by atoms with Gasteiger partial charge in [0.25, 0.3) is 0 Å². The van der Waals surface area contributed by atoms with Crippen molar-refractivity contribution in [2.24, 2.45) is 5.73 Å². The molecule has 0 rings (SSSR count). The molecule has 5 amide bonds. The van der Waals surface area contributed by atoms with Crippen LogP contribution in [-0.2, 0) is 43.0 Å². The molecule has 55 heavy (non-hydrogen) atoms. The summed E-state index contributed by atoms with van der Waals surface area (Å²) in [5.74, 6) is -3.70. The summed E-state index contributed by atoms with van der Waals surface area (Å²) in [6, 6.07) is -2.80. The smallest absolute Gasteiger partial charge is 0.407 e. The fourth-order valence-corrected chi connectivity index (χ4v) is 6.59. The van der Waals surface area contributed by atoms with Gasteiger partial charge in [-0.15, -0.1) is 0 Å². The van der Waals surface area contributed by atoms with Crippen molar-refractivity contribution in [1.29, 1.82) is 0 Å². The predicted molar refractivity (Wildman–Crippen MR) is 222 cm³/mol. The third-order valence-electron chi connectivity index (χ3n) is 8.26. The average Bonchev–Trinajstić information content (AvgIpc) is 3.03. The fraction of sp³-hybridized carbons (Fsp3) is 0.806. The van der Waals surface area contributed by atoms with Crippen LogP contribution in [0.4, 0.5) is 4.79 Å². The van der Waals surface area contributed by atoms with Crippen molar-refractivity contribution in [1.82, 2.24) is 26.6 Å². The summed E-state index contributed by atoms with van der Waals surface area (Å²) in [6.07, 6.45) is 0.144. The van der Waals surface area contributed by atoms with Gasteiger partial charge < -0.3 is 46.5 Å². The Balaban J connectivity index is 5.57. The molecule has 0 aromatic heterocycles. The van der Waals surface area contributed by atoms with Gasteiger partial charge in [-0.1, -0.05) is 58.9 Å². The Bertz CT molecular complexity index is 1270. The Labute approximate surface area is 331 Å². The van der Waals surface area contributed by atoms with Gasteiger partial charge in [0.05, 0.1) is 25.9 Å². The second-order valence-electron chi connectivity index (χ2n) is 17.8. The Hall–Kier alpha value is -3.30. The van der Waals surface area contributed by atoms with E-state index in [4.69, 9.17) is 19.9 Å². The number of nitrogens with two attached hydrogens (primary N) is 1. The normalized spacial score (nSPS) is 14.6. The molecule has 0 saturated heterocycles. The van der Waals surface area contributed by atoms with Crippen LogP contribution in [0.15, 0.2) is 0 Å². The zero-order chi connectivity index (χ0) is 42.6. The van der Waals surface area contributed by atoms with E-state index in [1.54, 1.807) is 0 Å². The molecule has 5 atom stereocenters. The Morgan fingerprint density at radius 2 is 1.04 bits per heavy atom. The first-order chi connectivity index (χ1) is 25.2. The minimum Gasteiger partial charge on any atom is -0.464 e. The number of alkyl carbamates (subject to hydrolysis) is 1. The highest BCUT2D eigenvalue weighted by atomic mass is 28.3. The van der Waals surface area contributed by atoms with Gasteiger partial charge >= 0.3 is 18.0 Å². The van der Waals surface area contributed by atoms with E-state index < -0.39 is 96.1 Å². The molecule has 0 spiro atoms. The van der Waals surface area contributed by atoms with Crippen molar-refractivity contribution < 1.29 is 47.8 Å². The highest BCUT2D eigenvalue weighted by molar-refractivity contribution is 6.76. The van der Waals surface area contributed by atoms with Crippen LogP contribution < -0.4 is 32.3 Å². The van der Waals surface area contributed by atoms with Crippen LogP contribution in [0.5, 0.6) is 0 Å². The SMILES string of the molecule is C[C@H](N)C(=O)N[C@H](CCC(=O)N[C@@H](CCCCNC(=O)OCC[Si](C)(C)C)C(=O)N[C@H](C)C(=O)N[C@H](C)C(=O)OCC[Si](C)(C)C)C(=O)OCC[Si](C)(C)C. The van der Waals surface area contributed by atoms with Gasteiger partial charge in [0.15, 0.2) is 0 Å².